The van der Waals surface area contributed by atoms with Crippen molar-refractivity contribution in [3.8, 4) is 17.2 Å². The molecule has 1 amide bonds. The highest BCUT2D eigenvalue weighted by atomic mass is 16.6. The molecule has 0 aliphatic rings. The topological polar surface area (TPSA) is 132 Å². The smallest absolute Gasteiger partial charge is 0.407 e. The lowest BCUT2D eigenvalue weighted by Gasteiger charge is -2.27. The molecule has 5 aromatic rings. The van der Waals surface area contributed by atoms with Crippen LogP contribution in [0.25, 0.3) is 32.9 Å². The van der Waals surface area contributed by atoms with Gasteiger partial charge in [0.2, 0.25) is 0 Å². The number of hydrogen-bond acceptors (Lipinski definition) is 6. The van der Waals surface area contributed by atoms with E-state index in [-0.39, 0.29) is 5.56 Å². The predicted molar refractivity (Wildman–Crippen MR) is 163 cm³/mol. The number of methoxy groups -OCH3 is 1. The number of nitrogens with zero attached hydrogens (tertiary/aromatic N) is 1. The molecule has 2 atom stereocenters. The Balaban J connectivity index is 1.48. The Morgan fingerprint density at radius 1 is 0.976 bits per heavy atom. The fourth-order valence-electron chi connectivity index (χ4n) is 5.00. The van der Waals surface area contributed by atoms with E-state index < -0.39 is 29.7 Å². The first-order valence-corrected chi connectivity index (χ1v) is 13.7. The van der Waals surface area contributed by atoms with Gasteiger partial charge >= 0.3 is 12.1 Å². The van der Waals surface area contributed by atoms with Crippen LogP contribution in [0.5, 0.6) is 0 Å². The molecule has 9 nitrogen and oxygen atoms in total. The molecule has 0 fully saturated rings. The molecule has 0 unspecified atom stereocenters. The van der Waals surface area contributed by atoms with Gasteiger partial charge in [-0.2, -0.15) is 5.26 Å². The Morgan fingerprint density at radius 3 is 2.50 bits per heavy atom. The van der Waals surface area contributed by atoms with Gasteiger partial charge in [0.1, 0.15) is 11.6 Å². The fraction of sp³-hybridized carbons (Fsp3) is 0.242. The average molecular weight is 564 g/mol. The Labute approximate surface area is 243 Å². The number of alkyl carbamates (subject to hydrolysis) is 1. The highest BCUT2D eigenvalue weighted by molar-refractivity contribution is 5.98. The number of nitriles is 1. The molecule has 0 saturated heterocycles. The number of rotatable bonds is 8. The number of ether oxygens (including phenoxy) is 2. The van der Waals surface area contributed by atoms with Crippen LogP contribution in [0.15, 0.2) is 79.1 Å². The number of hydrogen-bond donors (Lipinski definition) is 4. The summed E-state index contributed by atoms with van der Waals surface area (Å²) in [5.41, 5.74) is 4.61. The van der Waals surface area contributed by atoms with Crippen LogP contribution in [0.2, 0.25) is 0 Å². The predicted octanol–water partition coefficient (Wildman–Crippen LogP) is 6.54. The van der Waals surface area contributed by atoms with E-state index in [0.717, 1.165) is 38.5 Å². The third-order valence-corrected chi connectivity index (χ3v) is 6.98. The molecule has 3 aromatic carbocycles. The molecule has 4 N–H and O–H groups in total. The summed E-state index contributed by atoms with van der Waals surface area (Å²) in [6.45, 7) is 5.33. The van der Waals surface area contributed by atoms with Gasteiger partial charge < -0.3 is 30.1 Å². The average Bonchev–Trinajstić information content (AvgIpc) is 3.61. The van der Waals surface area contributed by atoms with Gasteiger partial charge in [-0.1, -0.05) is 30.3 Å². The lowest BCUT2D eigenvalue weighted by atomic mass is 9.97. The van der Waals surface area contributed by atoms with Crippen molar-refractivity contribution >= 4 is 39.6 Å². The standard InChI is InChI=1S/C33H33N5O4/c1-33(2,3)42-32(40)38-29(17-23-19-36-27-8-6-5-7-24(23)27)30(18-34)37-28-12-10-21(16-25(28)31(39)41-4)20-9-11-26-22(15-20)13-14-35-26/h5-16,19,29-30,35-37H,17H2,1-4H3,(H,38,40)/t29-,30+/m1/s1. The number of fused-ring (bicyclic) bond motifs is 2. The largest absolute Gasteiger partial charge is 0.465 e. The van der Waals surface area contributed by atoms with Crippen LogP contribution >= 0.6 is 0 Å². The maximum Gasteiger partial charge on any atom is 0.407 e. The van der Waals surface area contributed by atoms with E-state index in [9.17, 15) is 14.9 Å². The fourth-order valence-corrected chi connectivity index (χ4v) is 5.00. The lowest BCUT2D eigenvalue weighted by Crippen LogP contribution is -2.49. The minimum absolute atomic E-state index is 0.271. The number of benzene rings is 3. The van der Waals surface area contributed by atoms with E-state index in [1.807, 2.05) is 67.0 Å². The number of esters is 1. The number of carbonyl (C=O) groups excluding carboxylic acids is 2. The number of H-pyrrole nitrogens is 2. The molecule has 0 aliphatic carbocycles. The minimum Gasteiger partial charge on any atom is -0.465 e. The molecule has 0 aliphatic heterocycles. The number of nitrogens with one attached hydrogen (secondary N) is 4. The zero-order valence-corrected chi connectivity index (χ0v) is 23.9. The van der Waals surface area contributed by atoms with Gasteiger partial charge in [0, 0.05) is 34.5 Å². The number of amides is 1. The number of aromatic nitrogens is 2. The third-order valence-electron chi connectivity index (χ3n) is 6.98. The summed E-state index contributed by atoms with van der Waals surface area (Å²) in [5.74, 6) is -0.549. The van der Waals surface area contributed by atoms with Gasteiger partial charge in [-0.15, -0.1) is 0 Å². The molecule has 0 bridgehead atoms. The van der Waals surface area contributed by atoms with Crippen LogP contribution in [0.4, 0.5) is 10.5 Å². The molecule has 2 heterocycles. The second kappa shape index (κ2) is 11.7. The van der Waals surface area contributed by atoms with Crippen molar-refractivity contribution in [2.75, 3.05) is 12.4 Å². The van der Waals surface area contributed by atoms with E-state index in [2.05, 4.69) is 26.7 Å². The lowest BCUT2D eigenvalue weighted by molar-refractivity contribution is 0.0501. The van der Waals surface area contributed by atoms with E-state index >= 15 is 0 Å². The van der Waals surface area contributed by atoms with Crippen molar-refractivity contribution in [1.82, 2.24) is 15.3 Å². The number of anilines is 1. The molecular formula is C33H33N5O4. The first kappa shape index (κ1) is 28.3. The monoisotopic (exact) mass is 563 g/mol. The Hall–Kier alpha value is -5.23. The van der Waals surface area contributed by atoms with E-state index in [1.165, 1.54) is 7.11 Å². The summed E-state index contributed by atoms with van der Waals surface area (Å²) in [6.07, 6.45) is 3.44. The molecule has 0 spiro atoms. The highest BCUT2D eigenvalue weighted by Crippen LogP contribution is 2.29. The summed E-state index contributed by atoms with van der Waals surface area (Å²) in [5, 5.41) is 18.4. The first-order valence-electron chi connectivity index (χ1n) is 13.7. The van der Waals surface area contributed by atoms with Crippen LogP contribution in [-0.2, 0) is 15.9 Å². The summed E-state index contributed by atoms with van der Waals surface area (Å²) < 4.78 is 10.6. The van der Waals surface area contributed by atoms with Crippen LogP contribution in [-0.4, -0.2) is 46.8 Å². The minimum atomic E-state index is -0.920. The molecule has 42 heavy (non-hydrogen) atoms. The van der Waals surface area contributed by atoms with Gasteiger partial charge in [-0.05, 0) is 85.7 Å². The number of para-hydroxylation sites is 1. The maximum absolute atomic E-state index is 12.9. The second-order valence-electron chi connectivity index (χ2n) is 11.1. The van der Waals surface area contributed by atoms with E-state index in [0.29, 0.717) is 12.1 Å². The number of carbonyl (C=O) groups is 2. The number of aromatic amines is 2. The first-order chi connectivity index (χ1) is 20.1. The zero-order chi connectivity index (χ0) is 29.9. The van der Waals surface area contributed by atoms with Gasteiger partial charge in [-0.25, -0.2) is 9.59 Å². The quantitative estimate of drug-likeness (QED) is 0.158. The SMILES string of the molecule is COC(=O)c1cc(-c2ccc3[nH]ccc3c2)ccc1N[C@@H](C#N)[C@@H](Cc1c[nH]c2ccccc12)NC(=O)OC(C)(C)C. The van der Waals surface area contributed by atoms with Crippen LogP contribution in [0.1, 0.15) is 36.7 Å². The van der Waals surface area contributed by atoms with Crippen molar-refractivity contribution in [3.63, 3.8) is 0 Å². The molecule has 214 valence electrons. The summed E-state index contributed by atoms with van der Waals surface area (Å²) >= 11 is 0. The van der Waals surface area contributed by atoms with Gasteiger partial charge in [0.05, 0.1) is 24.8 Å². The molecule has 2 aromatic heterocycles. The molecule has 9 heteroatoms. The summed E-state index contributed by atoms with van der Waals surface area (Å²) in [4.78, 5) is 32.2. The highest BCUT2D eigenvalue weighted by Gasteiger charge is 2.28. The molecule has 0 saturated carbocycles. The van der Waals surface area contributed by atoms with Crippen molar-refractivity contribution in [2.24, 2.45) is 0 Å². The Kier molecular flexibility index (Phi) is 7.89. The van der Waals surface area contributed by atoms with Crippen molar-refractivity contribution in [3.05, 3.63) is 90.3 Å². The maximum atomic E-state index is 12.9. The molecular weight excluding hydrogens is 530 g/mol. The summed E-state index contributed by atoms with van der Waals surface area (Å²) in [7, 11) is 1.32. The van der Waals surface area contributed by atoms with E-state index in [4.69, 9.17) is 9.47 Å². The van der Waals surface area contributed by atoms with Gasteiger partial charge in [-0.3, -0.25) is 0 Å². The zero-order valence-electron chi connectivity index (χ0n) is 23.9. The normalized spacial score (nSPS) is 12.8. The van der Waals surface area contributed by atoms with E-state index in [1.54, 1.807) is 32.9 Å². The van der Waals surface area contributed by atoms with Crippen LogP contribution in [0, 0.1) is 11.3 Å². The van der Waals surface area contributed by atoms with Crippen LogP contribution in [0.3, 0.4) is 0 Å². The van der Waals surface area contributed by atoms with Crippen LogP contribution < -0.4 is 10.6 Å². The summed E-state index contributed by atoms with van der Waals surface area (Å²) in [6, 6.07) is 21.8. The molecule has 0 radical (unpaired) electrons. The van der Waals surface area contributed by atoms with Crippen molar-refractivity contribution in [1.29, 1.82) is 5.26 Å². The van der Waals surface area contributed by atoms with Gasteiger partial charge in [0.15, 0.2) is 0 Å². The van der Waals surface area contributed by atoms with Gasteiger partial charge in [0.25, 0.3) is 0 Å². The third kappa shape index (κ3) is 6.23. The Bertz CT molecular complexity index is 1790. The molecule has 5 rings (SSSR count). The van der Waals surface area contributed by atoms with Crippen molar-refractivity contribution < 1.29 is 19.1 Å². The van der Waals surface area contributed by atoms with Crippen molar-refractivity contribution in [2.45, 2.75) is 44.9 Å². The Morgan fingerprint density at radius 2 is 1.74 bits per heavy atom. The second-order valence-corrected chi connectivity index (χ2v) is 11.1.